The van der Waals surface area contributed by atoms with Crippen LogP contribution in [0.5, 0.6) is 11.5 Å². The number of hydrogen-bond acceptors (Lipinski definition) is 3. The number of hydrogen-bond donors (Lipinski definition) is 1. The largest absolute Gasteiger partial charge is 0.454 e. The Balaban J connectivity index is 1.69. The van der Waals surface area contributed by atoms with Gasteiger partial charge < -0.3 is 14.8 Å². The number of rotatable bonds is 3. The molecule has 0 fully saturated rings. The topological polar surface area (TPSA) is 47.6 Å². The van der Waals surface area contributed by atoms with E-state index >= 15 is 0 Å². The van der Waals surface area contributed by atoms with Gasteiger partial charge in [0, 0.05) is 16.2 Å². The molecule has 1 amide bonds. The Morgan fingerprint density at radius 3 is 2.80 bits per heavy atom. The SMILES string of the molecule is O=C(Cc1ccccc1Br)Nc1ccc2c(c1)OCO2. The average Bonchev–Trinajstić information content (AvgIpc) is 2.89. The number of anilines is 1. The molecule has 0 spiro atoms. The Kier molecular flexibility index (Phi) is 3.60. The van der Waals surface area contributed by atoms with Crippen LogP contribution in [0.1, 0.15) is 5.56 Å². The molecule has 0 unspecified atom stereocenters. The molecule has 0 aromatic heterocycles. The fourth-order valence-electron chi connectivity index (χ4n) is 1.99. The van der Waals surface area contributed by atoms with E-state index in [1.54, 1.807) is 18.2 Å². The zero-order valence-corrected chi connectivity index (χ0v) is 12.1. The van der Waals surface area contributed by atoms with Crippen molar-refractivity contribution < 1.29 is 14.3 Å². The van der Waals surface area contributed by atoms with Gasteiger partial charge in [-0.2, -0.15) is 0 Å². The first kappa shape index (κ1) is 13.0. The summed E-state index contributed by atoms with van der Waals surface area (Å²) in [6, 6.07) is 13.0. The summed E-state index contributed by atoms with van der Waals surface area (Å²) in [7, 11) is 0. The van der Waals surface area contributed by atoms with Crippen molar-refractivity contribution in [2.45, 2.75) is 6.42 Å². The van der Waals surface area contributed by atoms with Gasteiger partial charge in [-0.15, -0.1) is 0 Å². The third-order valence-corrected chi connectivity index (χ3v) is 3.74. The predicted molar refractivity (Wildman–Crippen MR) is 79.0 cm³/mol. The smallest absolute Gasteiger partial charge is 0.231 e. The minimum atomic E-state index is -0.0734. The van der Waals surface area contributed by atoms with Crippen molar-refractivity contribution in [2.75, 3.05) is 12.1 Å². The Bertz CT molecular complexity index is 657. The number of nitrogens with one attached hydrogen (secondary N) is 1. The lowest BCUT2D eigenvalue weighted by atomic mass is 10.1. The molecule has 20 heavy (non-hydrogen) atoms. The normalized spacial score (nSPS) is 12.2. The first-order chi connectivity index (χ1) is 9.72. The van der Waals surface area contributed by atoms with E-state index in [1.165, 1.54) is 0 Å². The molecule has 1 aliphatic heterocycles. The lowest BCUT2D eigenvalue weighted by Gasteiger charge is -2.07. The number of benzene rings is 2. The summed E-state index contributed by atoms with van der Waals surface area (Å²) in [5.74, 6) is 1.29. The molecule has 0 radical (unpaired) electrons. The van der Waals surface area contributed by atoms with E-state index < -0.39 is 0 Å². The Hall–Kier alpha value is -2.01. The highest BCUT2D eigenvalue weighted by molar-refractivity contribution is 9.10. The monoisotopic (exact) mass is 333 g/mol. The van der Waals surface area contributed by atoms with E-state index in [9.17, 15) is 4.79 Å². The first-order valence-electron chi connectivity index (χ1n) is 6.15. The highest BCUT2D eigenvalue weighted by atomic mass is 79.9. The number of amides is 1. The number of fused-ring (bicyclic) bond motifs is 1. The molecular formula is C15H12BrNO3. The van der Waals surface area contributed by atoms with Crippen molar-refractivity contribution in [1.29, 1.82) is 0 Å². The number of carbonyl (C=O) groups is 1. The lowest BCUT2D eigenvalue weighted by molar-refractivity contribution is -0.115. The van der Waals surface area contributed by atoms with Gasteiger partial charge in [-0.25, -0.2) is 0 Å². The lowest BCUT2D eigenvalue weighted by Crippen LogP contribution is -2.14. The molecule has 3 rings (SSSR count). The van der Waals surface area contributed by atoms with Crippen LogP contribution in [0.15, 0.2) is 46.9 Å². The summed E-state index contributed by atoms with van der Waals surface area (Å²) >= 11 is 3.43. The molecule has 2 aromatic rings. The second-order valence-electron chi connectivity index (χ2n) is 4.38. The molecule has 1 aliphatic rings. The van der Waals surface area contributed by atoms with Gasteiger partial charge in [0.2, 0.25) is 12.7 Å². The van der Waals surface area contributed by atoms with Crippen molar-refractivity contribution in [3.63, 3.8) is 0 Å². The van der Waals surface area contributed by atoms with E-state index in [0.717, 1.165) is 10.0 Å². The Labute approximate surface area is 124 Å². The van der Waals surface area contributed by atoms with Gasteiger partial charge in [-0.05, 0) is 23.8 Å². The minimum absolute atomic E-state index is 0.0734. The maximum Gasteiger partial charge on any atom is 0.231 e. The van der Waals surface area contributed by atoms with Crippen molar-refractivity contribution in [3.05, 3.63) is 52.5 Å². The van der Waals surface area contributed by atoms with Gasteiger partial charge in [0.25, 0.3) is 0 Å². The molecular weight excluding hydrogens is 322 g/mol. The molecule has 1 N–H and O–H groups in total. The van der Waals surface area contributed by atoms with Gasteiger partial charge in [-0.3, -0.25) is 4.79 Å². The number of ether oxygens (including phenoxy) is 2. The Morgan fingerprint density at radius 2 is 1.95 bits per heavy atom. The molecule has 0 saturated heterocycles. The van der Waals surface area contributed by atoms with Gasteiger partial charge in [0.05, 0.1) is 6.42 Å². The number of halogens is 1. The van der Waals surface area contributed by atoms with Crippen LogP contribution in [0.3, 0.4) is 0 Å². The van der Waals surface area contributed by atoms with Gasteiger partial charge in [0.1, 0.15) is 0 Å². The average molecular weight is 334 g/mol. The van der Waals surface area contributed by atoms with E-state index in [-0.39, 0.29) is 12.7 Å². The zero-order valence-electron chi connectivity index (χ0n) is 10.6. The van der Waals surface area contributed by atoms with Crippen molar-refractivity contribution in [3.8, 4) is 11.5 Å². The van der Waals surface area contributed by atoms with E-state index in [0.29, 0.717) is 23.6 Å². The van der Waals surface area contributed by atoms with Gasteiger partial charge in [-0.1, -0.05) is 34.1 Å². The third-order valence-electron chi connectivity index (χ3n) is 2.97. The van der Waals surface area contributed by atoms with E-state index in [1.807, 2.05) is 24.3 Å². The van der Waals surface area contributed by atoms with Crippen LogP contribution in [0, 0.1) is 0 Å². The van der Waals surface area contributed by atoms with E-state index in [4.69, 9.17) is 9.47 Å². The van der Waals surface area contributed by atoms with Gasteiger partial charge >= 0.3 is 0 Å². The van der Waals surface area contributed by atoms with Crippen LogP contribution >= 0.6 is 15.9 Å². The highest BCUT2D eigenvalue weighted by Crippen LogP contribution is 2.34. The molecule has 4 nitrogen and oxygen atoms in total. The maximum absolute atomic E-state index is 12.0. The maximum atomic E-state index is 12.0. The highest BCUT2D eigenvalue weighted by Gasteiger charge is 2.14. The summed E-state index contributed by atoms with van der Waals surface area (Å²) in [4.78, 5) is 12.0. The standard InChI is InChI=1S/C15H12BrNO3/c16-12-4-2-1-3-10(12)7-15(18)17-11-5-6-13-14(8-11)20-9-19-13/h1-6,8H,7,9H2,(H,17,18). The zero-order chi connectivity index (χ0) is 13.9. The van der Waals surface area contributed by atoms with E-state index in [2.05, 4.69) is 21.2 Å². The van der Waals surface area contributed by atoms with Crippen molar-refractivity contribution >= 4 is 27.5 Å². The van der Waals surface area contributed by atoms with Crippen molar-refractivity contribution in [1.82, 2.24) is 0 Å². The van der Waals surface area contributed by atoms with Crippen LogP contribution in [-0.2, 0) is 11.2 Å². The van der Waals surface area contributed by atoms with Crippen LogP contribution in [0.25, 0.3) is 0 Å². The van der Waals surface area contributed by atoms with Crippen LogP contribution < -0.4 is 14.8 Å². The summed E-state index contributed by atoms with van der Waals surface area (Å²) in [5.41, 5.74) is 1.65. The molecule has 0 saturated carbocycles. The second kappa shape index (κ2) is 5.54. The molecule has 0 bridgehead atoms. The summed E-state index contributed by atoms with van der Waals surface area (Å²) < 4.78 is 11.4. The summed E-state index contributed by atoms with van der Waals surface area (Å²) in [6.45, 7) is 0.226. The number of carbonyl (C=O) groups excluding carboxylic acids is 1. The van der Waals surface area contributed by atoms with Crippen molar-refractivity contribution in [2.24, 2.45) is 0 Å². The van der Waals surface area contributed by atoms with Gasteiger partial charge in [0.15, 0.2) is 11.5 Å². The fraction of sp³-hybridized carbons (Fsp3) is 0.133. The van der Waals surface area contributed by atoms with Crippen LogP contribution in [0.2, 0.25) is 0 Å². The molecule has 1 heterocycles. The third kappa shape index (κ3) is 2.77. The summed E-state index contributed by atoms with van der Waals surface area (Å²) in [5, 5.41) is 2.85. The second-order valence-corrected chi connectivity index (χ2v) is 5.24. The first-order valence-corrected chi connectivity index (χ1v) is 6.94. The molecule has 2 aromatic carbocycles. The predicted octanol–water partition coefficient (Wildman–Crippen LogP) is 3.36. The summed E-state index contributed by atoms with van der Waals surface area (Å²) in [6.07, 6.45) is 0.315. The molecule has 0 aliphatic carbocycles. The Morgan fingerprint density at radius 1 is 1.15 bits per heavy atom. The quantitative estimate of drug-likeness (QED) is 0.936. The molecule has 0 atom stereocenters. The minimum Gasteiger partial charge on any atom is -0.454 e. The van der Waals surface area contributed by atoms with Crippen LogP contribution in [0.4, 0.5) is 5.69 Å². The molecule has 5 heteroatoms. The van der Waals surface area contributed by atoms with Crippen LogP contribution in [-0.4, -0.2) is 12.7 Å². The molecule has 102 valence electrons. The fourth-order valence-corrected chi connectivity index (χ4v) is 2.42.